The van der Waals surface area contributed by atoms with Crippen LogP contribution in [0, 0.1) is 5.82 Å². The van der Waals surface area contributed by atoms with Crippen molar-refractivity contribution >= 4 is 34.3 Å². The first-order chi connectivity index (χ1) is 15.4. The Kier molecular flexibility index (Phi) is 5.13. The third kappa shape index (κ3) is 3.17. The van der Waals surface area contributed by atoms with E-state index in [9.17, 15) is 14.7 Å². The number of carboxylic acid groups (broad SMARTS) is 1. The average molecular weight is 459 g/mol. The summed E-state index contributed by atoms with van der Waals surface area (Å²) in [7, 11) is 1.45. The lowest BCUT2D eigenvalue weighted by atomic mass is 10.1. The number of thioether (sulfide) groups is 1. The fourth-order valence-corrected chi connectivity index (χ4v) is 5.67. The predicted molar refractivity (Wildman–Crippen MR) is 118 cm³/mol. The number of nitrogens with zero attached hydrogens (tertiary/aromatic N) is 3. The van der Waals surface area contributed by atoms with Gasteiger partial charge in [0, 0.05) is 26.2 Å². The number of benzene rings is 1. The summed E-state index contributed by atoms with van der Waals surface area (Å²) in [6.07, 6.45) is 1.65. The number of furan rings is 1. The quantitative estimate of drug-likeness (QED) is 0.621. The molecule has 1 aromatic carbocycles. The lowest BCUT2D eigenvalue weighted by molar-refractivity contribution is 0.0689. The second-order valence-corrected chi connectivity index (χ2v) is 9.19. The highest BCUT2D eigenvalue weighted by molar-refractivity contribution is 8.00. The van der Waals surface area contributed by atoms with E-state index in [0.29, 0.717) is 49.0 Å². The second kappa shape index (κ2) is 7.86. The molecule has 0 bridgehead atoms. The van der Waals surface area contributed by atoms with Gasteiger partial charge in [-0.2, -0.15) is 0 Å². The van der Waals surface area contributed by atoms with Gasteiger partial charge in [0.05, 0.1) is 41.2 Å². The van der Waals surface area contributed by atoms with Gasteiger partial charge in [-0.15, -0.1) is 0 Å². The highest BCUT2D eigenvalue weighted by atomic mass is 32.2. The van der Waals surface area contributed by atoms with E-state index in [1.165, 1.54) is 18.9 Å². The highest BCUT2D eigenvalue weighted by Crippen LogP contribution is 2.50. The van der Waals surface area contributed by atoms with Gasteiger partial charge in [0.15, 0.2) is 11.6 Å². The van der Waals surface area contributed by atoms with Gasteiger partial charge in [0.1, 0.15) is 17.0 Å². The van der Waals surface area contributed by atoms with Gasteiger partial charge >= 0.3 is 5.97 Å². The van der Waals surface area contributed by atoms with Crippen LogP contribution in [0.15, 0.2) is 38.7 Å². The number of aromatic nitrogens is 1. The molecule has 0 amide bonds. The van der Waals surface area contributed by atoms with Crippen LogP contribution in [-0.4, -0.2) is 53.8 Å². The minimum absolute atomic E-state index is 0.0212. The van der Waals surface area contributed by atoms with Gasteiger partial charge in [0.25, 0.3) is 0 Å². The van der Waals surface area contributed by atoms with Crippen molar-refractivity contribution in [2.75, 3.05) is 38.2 Å². The van der Waals surface area contributed by atoms with Crippen molar-refractivity contribution < 1.29 is 23.4 Å². The number of rotatable bonds is 5. The first-order valence-corrected chi connectivity index (χ1v) is 11.2. The molecule has 2 aliphatic rings. The van der Waals surface area contributed by atoms with Crippen molar-refractivity contribution in [3.63, 3.8) is 0 Å². The Hall–Kier alpha value is -2.98. The van der Waals surface area contributed by atoms with E-state index in [2.05, 4.69) is 4.90 Å². The SMILES string of the molecule is COc1c(N2CCN(Cc3ccco3)CC2)c(F)cc2c(=O)c(C(=O)O)c3n(c12)C(C)S3. The van der Waals surface area contributed by atoms with E-state index < -0.39 is 17.2 Å². The molecule has 4 heterocycles. The normalized spacial score (nSPS) is 18.5. The molecule has 5 rings (SSSR count). The van der Waals surface area contributed by atoms with Gasteiger partial charge in [0.2, 0.25) is 5.43 Å². The fraction of sp³-hybridized carbons (Fsp3) is 0.364. The zero-order valence-corrected chi connectivity index (χ0v) is 18.4. The van der Waals surface area contributed by atoms with Crippen LogP contribution in [0.4, 0.5) is 10.1 Å². The highest BCUT2D eigenvalue weighted by Gasteiger charge is 2.36. The molecule has 2 aliphatic heterocycles. The van der Waals surface area contributed by atoms with Gasteiger partial charge in [-0.05, 0) is 25.1 Å². The molecule has 10 heteroatoms. The Labute approximate surface area is 187 Å². The number of carboxylic acids is 1. The predicted octanol–water partition coefficient (Wildman–Crippen LogP) is 3.39. The molecule has 0 aliphatic carbocycles. The number of hydrogen-bond acceptors (Lipinski definition) is 7. The summed E-state index contributed by atoms with van der Waals surface area (Å²) in [5.74, 6) is -0.757. The summed E-state index contributed by atoms with van der Waals surface area (Å²) in [5.41, 5.74) is -0.261. The Morgan fingerprint density at radius 2 is 2.09 bits per heavy atom. The molecular formula is C22H22FN3O5S. The van der Waals surface area contributed by atoms with Gasteiger partial charge in [-0.3, -0.25) is 9.69 Å². The number of piperazine rings is 1. The summed E-state index contributed by atoms with van der Waals surface area (Å²) in [4.78, 5) is 28.8. The Bertz CT molecular complexity index is 1270. The minimum atomic E-state index is -1.31. The second-order valence-electron chi connectivity index (χ2n) is 7.88. The summed E-state index contributed by atoms with van der Waals surface area (Å²) in [6.45, 7) is 5.17. The molecule has 0 spiro atoms. The largest absolute Gasteiger partial charge is 0.492 e. The zero-order chi connectivity index (χ0) is 22.6. The van der Waals surface area contributed by atoms with E-state index in [0.717, 1.165) is 11.8 Å². The molecule has 1 atom stereocenters. The maximum Gasteiger partial charge on any atom is 0.342 e. The first-order valence-electron chi connectivity index (χ1n) is 10.3. The fourth-order valence-electron chi connectivity index (χ4n) is 4.53. The maximum absolute atomic E-state index is 15.4. The molecule has 32 heavy (non-hydrogen) atoms. The van der Waals surface area contributed by atoms with E-state index in [-0.39, 0.29) is 22.1 Å². The average Bonchev–Trinajstić information content (AvgIpc) is 3.26. The summed E-state index contributed by atoms with van der Waals surface area (Å²) in [5, 5.41) is 9.85. The van der Waals surface area contributed by atoms with Crippen LogP contribution >= 0.6 is 11.8 Å². The lowest BCUT2D eigenvalue weighted by Gasteiger charge is -2.38. The van der Waals surface area contributed by atoms with Crippen molar-refractivity contribution in [1.82, 2.24) is 9.47 Å². The van der Waals surface area contributed by atoms with Gasteiger partial charge in [-0.1, -0.05) is 11.8 Å². The third-order valence-corrected chi connectivity index (χ3v) is 7.22. The molecule has 1 unspecified atom stereocenters. The first kappa shape index (κ1) is 20.9. The summed E-state index contributed by atoms with van der Waals surface area (Å²) in [6, 6.07) is 4.94. The maximum atomic E-state index is 15.4. The van der Waals surface area contributed by atoms with E-state index in [1.807, 2.05) is 24.0 Å². The van der Waals surface area contributed by atoms with Crippen molar-refractivity contribution in [2.24, 2.45) is 0 Å². The number of pyridine rings is 1. The minimum Gasteiger partial charge on any atom is -0.492 e. The topological polar surface area (TPSA) is 88.2 Å². The van der Waals surface area contributed by atoms with Crippen molar-refractivity contribution in [2.45, 2.75) is 23.9 Å². The molecule has 1 fully saturated rings. The van der Waals surface area contributed by atoms with Crippen LogP contribution in [0.25, 0.3) is 10.9 Å². The molecule has 168 valence electrons. The van der Waals surface area contributed by atoms with Crippen LogP contribution in [0.5, 0.6) is 5.75 Å². The summed E-state index contributed by atoms with van der Waals surface area (Å²) < 4.78 is 28.2. The molecule has 0 radical (unpaired) electrons. The van der Waals surface area contributed by atoms with Crippen LogP contribution in [-0.2, 0) is 6.54 Å². The number of anilines is 1. The number of ether oxygens (including phenoxy) is 1. The number of hydrogen-bond donors (Lipinski definition) is 1. The number of aromatic carboxylic acids is 1. The summed E-state index contributed by atoms with van der Waals surface area (Å²) >= 11 is 1.31. The van der Waals surface area contributed by atoms with Crippen molar-refractivity contribution in [3.8, 4) is 5.75 Å². The van der Waals surface area contributed by atoms with Gasteiger partial charge in [-0.25, -0.2) is 9.18 Å². The van der Waals surface area contributed by atoms with Crippen LogP contribution in [0.2, 0.25) is 0 Å². The standard InChI is InChI=1S/C22H22FN3O5S/c1-12-26-17-14(19(27)16(22(28)29)21(26)32-12)10-15(23)18(20(17)30-2)25-7-5-24(6-8-25)11-13-4-3-9-31-13/h3-4,9-10,12H,5-8,11H2,1-2H3,(H,28,29). The smallest absolute Gasteiger partial charge is 0.342 e. The lowest BCUT2D eigenvalue weighted by Crippen LogP contribution is -2.46. The van der Waals surface area contributed by atoms with E-state index in [4.69, 9.17) is 9.15 Å². The third-order valence-electron chi connectivity index (χ3n) is 6.04. The van der Waals surface area contributed by atoms with E-state index in [1.54, 1.807) is 10.8 Å². The zero-order valence-electron chi connectivity index (χ0n) is 17.6. The molecule has 1 N–H and O–H groups in total. The Balaban J connectivity index is 1.56. The molecule has 8 nitrogen and oxygen atoms in total. The van der Waals surface area contributed by atoms with Crippen molar-refractivity contribution in [1.29, 1.82) is 0 Å². The van der Waals surface area contributed by atoms with Gasteiger partial charge < -0.3 is 23.7 Å². The molecule has 2 aromatic heterocycles. The number of halogens is 1. The molecular weight excluding hydrogens is 437 g/mol. The van der Waals surface area contributed by atoms with Crippen LogP contribution < -0.4 is 15.1 Å². The molecule has 1 saturated heterocycles. The molecule has 0 saturated carbocycles. The Morgan fingerprint density at radius 3 is 2.69 bits per heavy atom. The van der Waals surface area contributed by atoms with Crippen molar-refractivity contribution in [3.05, 3.63) is 51.8 Å². The van der Waals surface area contributed by atoms with Crippen LogP contribution in [0.3, 0.4) is 0 Å². The number of carbonyl (C=O) groups is 1. The Morgan fingerprint density at radius 1 is 1.34 bits per heavy atom. The molecule has 3 aromatic rings. The number of methoxy groups -OCH3 is 1. The monoisotopic (exact) mass is 459 g/mol. The number of fused-ring (bicyclic) bond motifs is 3. The van der Waals surface area contributed by atoms with E-state index >= 15 is 4.39 Å². The van der Waals surface area contributed by atoms with Crippen LogP contribution in [0.1, 0.15) is 28.4 Å².